The molecule has 0 bridgehead atoms. The van der Waals surface area contributed by atoms with E-state index in [2.05, 4.69) is 10.1 Å². The first-order valence-corrected chi connectivity index (χ1v) is 3.70. The van der Waals surface area contributed by atoms with Crippen molar-refractivity contribution in [1.29, 1.82) is 0 Å². The van der Waals surface area contributed by atoms with Crippen LogP contribution < -0.4 is 0 Å². The summed E-state index contributed by atoms with van der Waals surface area (Å²) >= 11 is 0. The number of pyridine rings is 1. The first kappa shape index (κ1) is 7.72. The van der Waals surface area contributed by atoms with Crippen LogP contribution in [0, 0.1) is 0 Å². The van der Waals surface area contributed by atoms with Crippen LogP contribution in [0.2, 0.25) is 0 Å². The van der Waals surface area contributed by atoms with E-state index in [9.17, 15) is 4.79 Å². The number of carboxylic acid groups (broad SMARTS) is 1. The number of carbonyl (C=O) groups is 1. The highest BCUT2D eigenvalue weighted by Crippen LogP contribution is 2.13. The molecule has 0 fully saturated rings. The lowest BCUT2D eigenvalue weighted by Crippen LogP contribution is -2.01. The van der Waals surface area contributed by atoms with Crippen molar-refractivity contribution in [1.82, 2.24) is 14.8 Å². The molecule has 2 aromatic heterocycles. The van der Waals surface area contributed by atoms with Crippen LogP contribution in [-0.2, 0) is 7.05 Å². The van der Waals surface area contributed by atoms with Gasteiger partial charge in [-0.05, 0) is 6.07 Å². The maximum absolute atomic E-state index is 10.7. The molecule has 5 heteroatoms. The van der Waals surface area contributed by atoms with Gasteiger partial charge in [-0.1, -0.05) is 0 Å². The second kappa shape index (κ2) is 2.55. The molecule has 13 heavy (non-hydrogen) atoms. The maximum Gasteiger partial charge on any atom is 0.356 e. The second-order valence-electron chi connectivity index (χ2n) is 2.71. The molecule has 0 aliphatic rings. The van der Waals surface area contributed by atoms with E-state index in [0.29, 0.717) is 5.52 Å². The quantitative estimate of drug-likeness (QED) is 0.695. The standard InChI is InChI=1S/C8H7N3O2/c1-11-4-5-2-3-9-7(8(12)13)6(5)10-11/h2-4H,1H3,(H,12,13). The molecule has 0 saturated heterocycles. The zero-order chi connectivity index (χ0) is 9.42. The Morgan fingerprint density at radius 3 is 3.08 bits per heavy atom. The summed E-state index contributed by atoms with van der Waals surface area (Å²) in [5, 5.41) is 13.6. The highest BCUT2D eigenvalue weighted by atomic mass is 16.4. The molecule has 66 valence electrons. The topological polar surface area (TPSA) is 68.0 Å². The first-order valence-electron chi connectivity index (χ1n) is 3.70. The lowest BCUT2D eigenvalue weighted by molar-refractivity contribution is 0.0692. The van der Waals surface area contributed by atoms with Gasteiger partial charge in [0.05, 0.1) is 0 Å². The Hall–Kier alpha value is -1.91. The van der Waals surface area contributed by atoms with Crippen LogP contribution in [0.3, 0.4) is 0 Å². The van der Waals surface area contributed by atoms with E-state index >= 15 is 0 Å². The summed E-state index contributed by atoms with van der Waals surface area (Å²) in [5.41, 5.74) is 0.426. The molecular formula is C8H7N3O2. The number of carboxylic acids is 1. The van der Waals surface area contributed by atoms with Crippen LogP contribution in [0.4, 0.5) is 0 Å². The summed E-state index contributed by atoms with van der Waals surface area (Å²) < 4.78 is 1.57. The lowest BCUT2D eigenvalue weighted by Gasteiger charge is -1.92. The van der Waals surface area contributed by atoms with Crippen molar-refractivity contribution in [2.45, 2.75) is 0 Å². The van der Waals surface area contributed by atoms with Gasteiger partial charge in [-0.25, -0.2) is 9.78 Å². The Bertz CT molecular complexity index is 475. The van der Waals surface area contributed by atoms with Gasteiger partial charge < -0.3 is 5.11 Å². The minimum Gasteiger partial charge on any atom is -0.476 e. The summed E-state index contributed by atoms with van der Waals surface area (Å²) in [6.07, 6.45) is 3.22. The van der Waals surface area contributed by atoms with E-state index in [1.165, 1.54) is 6.20 Å². The molecule has 0 aliphatic carbocycles. The maximum atomic E-state index is 10.7. The van der Waals surface area contributed by atoms with Gasteiger partial charge in [0.1, 0.15) is 5.52 Å². The van der Waals surface area contributed by atoms with Crippen molar-refractivity contribution in [3.8, 4) is 0 Å². The third-order valence-electron chi connectivity index (χ3n) is 1.74. The van der Waals surface area contributed by atoms with Crippen molar-refractivity contribution in [3.63, 3.8) is 0 Å². The number of aryl methyl sites for hydroxylation is 1. The van der Waals surface area contributed by atoms with Crippen LogP contribution in [-0.4, -0.2) is 25.8 Å². The van der Waals surface area contributed by atoms with E-state index in [-0.39, 0.29) is 5.69 Å². The SMILES string of the molecule is Cn1cc2ccnc(C(=O)O)c2n1. The van der Waals surface area contributed by atoms with Gasteiger partial charge in [-0.2, -0.15) is 5.10 Å². The minimum absolute atomic E-state index is 0.00176. The highest BCUT2D eigenvalue weighted by molar-refractivity contribution is 5.99. The number of fused-ring (bicyclic) bond motifs is 1. The summed E-state index contributed by atoms with van der Waals surface area (Å²) in [6, 6.07) is 1.73. The number of aromatic carboxylic acids is 1. The predicted octanol–water partition coefficient (Wildman–Crippen LogP) is 0.666. The van der Waals surface area contributed by atoms with E-state index in [4.69, 9.17) is 5.11 Å². The molecule has 2 heterocycles. The van der Waals surface area contributed by atoms with E-state index in [1.54, 1.807) is 24.0 Å². The van der Waals surface area contributed by atoms with Gasteiger partial charge >= 0.3 is 5.97 Å². The molecule has 1 N–H and O–H groups in total. The van der Waals surface area contributed by atoms with Crippen molar-refractivity contribution in [2.75, 3.05) is 0 Å². The molecule has 2 aromatic rings. The molecule has 0 aromatic carbocycles. The Labute approximate surface area is 73.6 Å². The van der Waals surface area contributed by atoms with Gasteiger partial charge in [-0.3, -0.25) is 4.68 Å². The van der Waals surface area contributed by atoms with Gasteiger partial charge in [0, 0.05) is 24.8 Å². The smallest absolute Gasteiger partial charge is 0.356 e. The largest absolute Gasteiger partial charge is 0.476 e. The van der Waals surface area contributed by atoms with E-state index in [1.807, 2.05) is 0 Å². The van der Waals surface area contributed by atoms with E-state index < -0.39 is 5.97 Å². The number of rotatable bonds is 1. The molecule has 0 aliphatic heterocycles. The van der Waals surface area contributed by atoms with Crippen LogP contribution >= 0.6 is 0 Å². The fraction of sp³-hybridized carbons (Fsp3) is 0.125. The average molecular weight is 177 g/mol. The number of aromatic nitrogens is 3. The molecule has 0 saturated carbocycles. The molecular weight excluding hydrogens is 170 g/mol. The third-order valence-corrected chi connectivity index (χ3v) is 1.74. The summed E-state index contributed by atoms with van der Waals surface area (Å²) in [6.45, 7) is 0. The van der Waals surface area contributed by atoms with Crippen LogP contribution in [0.15, 0.2) is 18.5 Å². The molecule has 0 unspecified atom stereocenters. The Morgan fingerprint density at radius 1 is 1.62 bits per heavy atom. The molecule has 0 atom stereocenters. The Kier molecular flexibility index (Phi) is 1.51. The number of hydrogen-bond donors (Lipinski definition) is 1. The van der Waals surface area contributed by atoms with Crippen LogP contribution in [0.5, 0.6) is 0 Å². The minimum atomic E-state index is -1.05. The van der Waals surface area contributed by atoms with Gasteiger partial charge in [0.2, 0.25) is 0 Å². The Morgan fingerprint density at radius 2 is 2.38 bits per heavy atom. The third kappa shape index (κ3) is 1.14. The zero-order valence-electron chi connectivity index (χ0n) is 6.93. The lowest BCUT2D eigenvalue weighted by atomic mass is 10.2. The summed E-state index contributed by atoms with van der Waals surface area (Å²) in [4.78, 5) is 14.5. The highest BCUT2D eigenvalue weighted by Gasteiger charge is 2.11. The van der Waals surface area contributed by atoms with Crippen molar-refractivity contribution < 1.29 is 9.90 Å². The summed E-state index contributed by atoms with van der Waals surface area (Å²) in [7, 11) is 1.74. The normalized spacial score (nSPS) is 10.5. The average Bonchev–Trinajstić information content (AvgIpc) is 2.43. The fourth-order valence-electron chi connectivity index (χ4n) is 1.22. The first-order chi connectivity index (χ1) is 6.18. The fourth-order valence-corrected chi connectivity index (χ4v) is 1.22. The van der Waals surface area contributed by atoms with Gasteiger partial charge in [0.25, 0.3) is 0 Å². The zero-order valence-corrected chi connectivity index (χ0v) is 6.93. The van der Waals surface area contributed by atoms with Crippen molar-refractivity contribution >= 4 is 16.9 Å². The molecule has 5 nitrogen and oxygen atoms in total. The second-order valence-corrected chi connectivity index (χ2v) is 2.71. The van der Waals surface area contributed by atoms with Gasteiger partial charge in [0.15, 0.2) is 5.69 Å². The van der Waals surface area contributed by atoms with Crippen LogP contribution in [0.1, 0.15) is 10.5 Å². The van der Waals surface area contributed by atoms with Crippen LogP contribution in [0.25, 0.3) is 10.9 Å². The molecule has 0 amide bonds. The predicted molar refractivity (Wildman–Crippen MR) is 45.5 cm³/mol. The molecule has 0 radical (unpaired) electrons. The van der Waals surface area contributed by atoms with Gasteiger partial charge in [-0.15, -0.1) is 0 Å². The van der Waals surface area contributed by atoms with Crippen molar-refractivity contribution in [2.24, 2.45) is 7.05 Å². The summed E-state index contributed by atoms with van der Waals surface area (Å²) in [5.74, 6) is -1.05. The Balaban J connectivity index is 2.82. The monoisotopic (exact) mass is 177 g/mol. The van der Waals surface area contributed by atoms with Crippen molar-refractivity contribution in [3.05, 3.63) is 24.2 Å². The molecule has 2 rings (SSSR count). The van der Waals surface area contributed by atoms with E-state index in [0.717, 1.165) is 5.39 Å². The number of hydrogen-bond acceptors (Lipinski definition) is 3. The number of nitrogens with zero attached hydrogens (tertiary/aromatic N) is 3. The molecule has 0 spiro atoms.